The molecule has 0 aliphatic heterocycles. The van der Waals surface area contributed by atoms with Crippen LogP contribution in [-0.4, -0.2) is 18.1 Å². The molecule has 3 N–H and O–H groups in total. The Kier molecular flexibility index (Phi) is 3.97. The molecule has 2 rings (SSSR count). The minimum absolute atomic E-state index is 0.512. The molecule has 92 valence electrons. The first kappa shape index (κ1) is 12.3. The molecule has 0 saturated heterocycles. The first-order valence-corrected chi connectivity index (χ1v) is 6.87. The predicted octanol–water partition coefficient (Wildman–Crippen LogP) is 3.18. The number of benzene rings is 1. The number of nitrogens with zero attached hydrogens (tertiary/aromatic N) is 1. The van der Waals surface area contributed by atoms with Crippen molar-refractivity contribution >= 4 is 26.7 Å². The lowest BCUT2D eigenvalue weighted by atomic mass is 10.0. The van der Waals surface area contributed by atoms with Gasteiger partial charge in [0.15, 0.2) is 5.13 Å². The van der Waals surface area contributed by atoms with Crippen molar-refractivity contribution in [3.63, 3.8) is 0 Å². The molecule has 3 nitrogen and oxygen atoms in total. The van der Waals surface area contributed by atoms with E-state index in [9.17, 15) is 0 Å². The molecular formula is C13H19N3S. The quantitative estimate of drug-likeness (QED) is 0.800. The van der Waals surface area contributed by atoms with Crippen molar-refractivity contribution in [3.05, 3.63) is 23.8 Å². The number of nitrogens with one attached hydrogen (secondary N) is 1. The number of fused-ring (bicyclic) bond motifs is 1. The molecule has 2 aromatic rings. The van der Waals surface area contributed by atoms with Gasteiger partial charge in [-0.3, -0.25) is 0 Å². The molecule has 0 atom stereocenters. The Morgan fingerprint density at radius 1 is 1.41 bits per heavy atom. The molecule has 0 aliphatic rings. The molecule has 17 heavy (non-hydrogen) atoms. The van der Waals surface area contributed by atoms with Gasteiger partial charge >= 0.3 is 0 Å². The highest BCUT2D eigenvalue weighted by Gasteiger charge is 2.09. The van der Waals surface area contributed by atoms with Crippen LogP contribution in [0.1, 0.15) is 31.7 Å². The second-order valence-corrected chi connectivity index (χ2v) is 5.47. The molecule has 1 aromatic carbocycles. The van der Waals surface area contributed by atoms with Gasteiger partial charge < -0.3 is 11.1 Å². The molecule has 4 heteroatoms. The highest BCUT2D eigenvalue weighted by Crippen LogP contribution is 2.31. The molecule has 0 unspecified atom stereocenters. The van der Waals surface area contributed by atoms with Gasteiger partial charge in [-0.2, -0.15) is 0 Å². The predicted molar refractivity (Wildman–Crippen MR) is 75.9 cm³/mol. The van der Waals surface area contributed by atoms with Gasteiger partial charge in [0.05, 0.1) is 10.2 Å². The van der Waals surface area contributed by atoms with E-state index in [1.165, 1.54) is 10.3 Å². The fourth-order valence-electron chi connectivity index (χ4n) is 1.81. The minimum atomic E-state index is 0.512. The summed E-state index contributed by atoms with van der Waals surface area (Å²) in [5.41, 5.74) is 7.94. The standard InChI is InChI=1S/C13H19N3S/c1-9(2)10-5-3-6-11-12(10)16-13(17-11)15-8-4-7-14/h3,5-6,9H,4,7-8,14H2,1-2H3,(H,15,16). The zero-order valence-electron chi connectivity index (χ0n) is 10.4. The average molecular weight is 249 g/mol. The fraction of sp³-hybridized carbons (Fsp3) is 0.462. The molecule has 0 saturated carbocycles. The Morgan fingerprint density at radius 2 is 2.24 bits per heavy atom. The van der Waals surface area contributed by atoms with Crippen molar-refractivity contribution in [2.45, 2.75) is 26.2 Å². The van der Waals surface area contributed by atoms with Crippen molar-refractivity contribution in [3.8, 4) is 0 Å². The lowest BCUT2D eigenvalue weighted by Gasteiger charge is -2.04. The van der Waals surface area contributed by atoms with Crippen LogP contribution in [0, 0.1) is 0 Å². The van der Waals surface area contributed by atoms with E-state index in [1.54, 1.807) is 11.3 Å². The molecule has 0 radical (unpaired) electrons. The Bertz CT molecular complexity index is 490. The Labute approximate surface area is 106 Å². The maximum atomic E-state index is 5.47. The van der Waals surface area contributed by atoms with Crippen molar-refractivity contribution in [2.24, 2.45) is 5.73 Å². The first-order valence-electron chi connectivity index (χ1n) is 6.05. The second kappa shape index (κ2) is 5.47. The van der Waals surface area contributed by atoms with Crippen molar-refractivity contribution < 1.29 is 0 Å². The van der Waals surface area contributed by atoms with Crippen molar-refractivity contribution in [2.75, 3.05) is 18.4 Å². The molecule has 0 amide bonds. The van der Waals surface area contributed by atoms with Gasteiger partial charge in [0.1, 0.15) is 0 Å². The van der Waals surface area contributed by atoms with Crippen LogP contribution < -0.4 is 11.1 Å². The highest BCUT2D eigenvalue weighted by molar-refractivity contribution is 7.22. The summed E-state index contributed by atoms with van der Waals surface area (Å²) in [5.74, 6) is 0.512. The lowest BCUT2D eigenvalue weighted by Crippen LogP contribution is -2.08. The van der Waals surface area contributed by atoms with Gasteiger partial charge in [-0.15, -0.1) is 0 Å². The Morgan fingerprint density at radius 3 is 2.94 bits per heavy atom. The zero-order chi connectivity index (χ0) is 12.3. The number of para-hydroxylation sites is 1. The van der Waals surface area contributed by atoms with Crippen molar-refractivity contribution in [1.82, 2.24) is 4.98 Å². The van der Waals surface area contributed by atoms with Crippen LogP contribution in [0.4, 0.5) is 5.13 Å². The number of rotatable bonds is 5. The van der Waals surface area contributed by atoms with Crippen LogP contribution >= 0.6 is 11.3 Å². The molecule has 0 spiro atoms. The van der Waals surface area contributed by atoms with E-state index < -0.39 is 0 Å². The van der Waals surface area contributed by atoms with Crippen LogP contribution in [-0.2, 0) is 0 Å². The van der Waals surface area contributed by atoms with Gasteiger partial charge in [-0.05, 0) is 30.5 Å². The number of aromatic nitrogens is 1. The number of nitrogens with two attached hydrogens (primary N) is 1. The molecule has 1 aromatic heterocycles. The number of anilines is 1. The van der Waals surface area contributed by atoms with Gasteiger partial charge in [-0.1, -0.05) is 37.3 Å². The minimum Gasteiger partial charge on any atom is -0.361 e. The third kappa shape index (κ3) is 2.76. The molecule has 0 fully saturated rings. The van der Waals surface area contributed by atoms with Gasteiger partial charge in [-0.25, -0.2) is 4.98 Å². The third-order valence-corrected chi connectivity index (χ3v) is 3.71. The molecule has 1 heterocycles. The summed E-state index contributed by atoms with van der Waals surface area (Å²) in [6.07, 6.45) is 0.979. The van der Waals surface area contributed by atoms with E-state index >= 15 is 0 Å². The Balaban J connectivity index is 2.27. The van der Waals surface area contributed by atoms with Gasteiger partial charge in [0, 0.05) is 6.54 Å². The number of thiazole rings is 1. The van der Waals surface area contributed by atoms with Crippen molar-refractivity contribution in [1.29, 1.82) is 0 Å². The lowest BCUT2D eigenvalue weighted by molar-refractivity contribution is 0.869. The highest BCUT2D eigenvalue weighted by atomic mass is 32.1. The van der Waals surface area contributed by atoms with Crippen LogP contribution in [0.25, 0.3) is 10.2 Å². The number of hydrogen-bond acceptors (Lipinski definition) is 4. The maximum Gasteiger partial charge on any atom is 0.183 e. The summed E-state index contributed by atoms with van der Waals surface area (Å²) in [5, 5.41) is 4.33. The average Bonchev–Trinajstić information content (AvgIpc) is 2.71. The normalized spacial score (nSPS) is 11.3. The number of hydrogen-bond donors (Lipinski definition) is 2. The van der Waals surface area contributed by atoms with E-state index in [4.69, 9.17) is 5.73 Å². The monoisotopic (exact) mass is 249 g/mol. The SMILES string of the molecule is CC(C)c1cccc2sc(NCCCN)nc12. The van der Waals surface area contributed by atoms with Crippen LogP contribution in [0.3, 0.4) is 0 Å². The zero-order valence-corrected chi connectivity index (χ0v) is 11.2. The van der Waals surface area contributed by atoms with Crippen LogP contribution in [0.15, 0.2) is 18.2 Å². The topological polar surface area (TPSA) is 50.9 Å². The molecule has 0 bridgehead atoms. The summed E-state index contributed by atoms with van der Waals surface area (Å²) in [4.78, 5) is 4.67. The second-order valence-electron chi connectivity index (χ2n) is 4.44. The van der Waals surface area contributed by atoms with E-state index in [0.717, 1.165) is 30.2 Å². The summed E-state index contributed by atoms with van der Waals surface area (Å²) < 4.78 is 1.26. The van der Waals surface area contributed by atoms with Gasteiger partial charge in [0.2, 0.25) is 0 Å². The van der Waals surface area contributed by atoms with E-state index in [1.807, 2.05) is 0 Å². The smallest absolute Gasteiger partial charge is 0.183 e. The summed E-state index contributed by atoms with van der Waals surface area (Å²) in [6, 6.07) is 6.41. The van der Waals surface area contributed by atoms with E-state index in [2.05, 4.69) is 42.3 Å². The summed E-state index contributed by atoms with van der Waals surface area (Å²) in [7, 11) is 0. The maximum absolute atomic E-state index is 5.47. The van der Waals surface area contributed by atoms with E-state index in [0.29, 0.717) is 5.92 Å². The Hall–Kier alpha value is -1.13. The van der Waals surface area contributed by atoms with Gasteiger partial charge in [0.25, 0.3) is 0 Å². The summed E-state index contributed by atoms with van der Waals surface area (Å²) in [6.45, 7) is 6.02. The third-order valence-electron chi connectivity index (χ3n) is 2.73. The van der Waals surface area contributed by atoms with Crippen LogP contribution in [0.2, 0.25) is 0 Å². The molecular weight excluding hydrogens is 230 g/mol. The summed E-state index contributed by atoms with van der Waals surface area (Å²) >= 11 is 1.72. The largest absolute Gasteiger partial charge is 0.361 e. The molecule has 0 aliphatic carbocycles. The van der Waals surface area contributed by atoms with Crippen LogP contribution in [0.5, 0.6) is 0 Å². The first-order chi connectivity index (χ1) is 8.22. The van der Waals surface area contributed by atoms with E-state index in [-0.39, 0.29) is 0 Å². The fourth-order valence-corrected chi connectivity index (χ4v) is 2.73.